The first kappa shape index (κ1) is 22.5. The Morgan fingerprint density at radius 2 is 2.06 bits per heavy atom. The van der Waals surface area contributed by atoms with Gasteiger partial charge in [-0.3, -0.25) is 9.69 Å². The fourth-order valence-electron chi connectivity index (χ4n) is 4.57. The number of piperidine rings is 1. The maximum atomic E-state index is 12.1. The van der Waals surface area contributed by atoms with Crippen LogP contribution in [0.5, 0.6) is 5.75 Å². The fraction of sp³-hybridized carbons (Fsp3) is 0.417. The topological polar surface area (TPSA) is 91.9 Å². The minimum Gasteiger partial charge on any atom is -0.496 e. The second-order valence-corrected chi connectivity index (χ2v) is 9.09. The first-order chi connectivity index (χ1) is 15.4. The predicted octanol–water partition coefficient (Wildman–Crippen LogP) is 4.35. The van der Waals surface area contributed by atoms with Gasteiger partial charge in [-0.1, -0.05) is 23.5 Å². The van der Waals surface area contributed by atoms with E-state index in [2.05, 4.69) is 9.88 Å². The standard InChI is InChI=1S/C24H28N2O5S/c1-4-31-17-9-10-26(19(12-17)15-5-7-16(8-6-15)23(27)28)13-18-20(30-3)11-14(2)21-22(18)32-24(29)25-21/h5-8,11,17,19H,4,9-10,12-13H2,1-3H3,(H,25,29)(H,27,28)/t17-,19-/m0/s1. The van der Waals surface area contributed by atoms with E-state index in [-0.39, 0.29) is 22.6 Å². The van der Waals surface area contributed by atoms with Gasteiger partial charge in [-0.15, -0.1) is 0 Å². The number of ether oxygens (including phenoxy) is 2. The summed E-state index contributed by atoms with van der Waals surface area (Å²) in [6.07, 6.45) is 1.89. The first-order valence-electron chi connectivity index (χ1n) is 10.8. The number of H-pyrrole nitrogens is 1. The zero-order chi connectivity index (χ0) is 22.8. The summed E-state index contributed by atoms with van der Waals surface area (Å²) >= 11 is 1.21. The van der Waals surface area contributed by atoms with Crippen LogP contribution in [0.4, 0.5) is 0 Å². The number of carbonyl (C=O) groups is 1. The van der Waals surface area contributed by atoms with Crippen LogP contribution in [-0.4, -0.2) is 47.3 Å². The van der Waals surface area contributed by atoms with Crippen molar-refractivity contribution in [1.29, 1.82) is 0 Å². The molecule has 0 spiro atoms. The molecule has 2 heterocycles. The number of likely N-dealkylation sites (tertiary alicyclic amines) is 1. The molecule has 2 N–H and O–H groups in total. The molecular formula is C24H28N2O5S. The van der Waals surface area contributed by atoms with Crippen LogP contribution < -0.4 is 9.61 Å². The number of aryl methyl sites for hydroxylation is 1. The van der Waals surface area contributed by atoms with Gasteiger partial charge in [0, 0.05) is 31.3 Å². The van der Waals surface area contributed by atoms with Crippen molar-refractivity contribution in [3.63, 3.8) is 0 Å². The molecule has 1 aliphatic heterocycles. The summed E-state index contributed by atoms with van der Waals surface area (Å²) in [5, 5.41) is 9.26. The number of nitrogens with one attached hydrogen (secondary N) is 1. The monoisotopic (exact) mass is 456 g/mol. The highest BCUT2D eigenvalue weighted by atomic mass is 32.1. The summed E-state index contributed by atoms with van der Waals surface area (Å²) in [4.78, 5) is 28.7. The lowest BCUT2D eigenvalue weighted by Crippen LogP contribution is -2.39. The minimum atomic E-state index is -0.932. The third kappa shape index (κ3) is 4.44. The van der Waals surface area contributed by atoms with E-state index >= 15 is 0 Å². The Bertz CT molecular complexity index is 1170. The summed E-state index contributed by atoms with van der Waals surface area (Å²) < 4.78 is 12.6. The molecule has 8 heteroatoms. The molecule has 0 radical (unpaired) electrons. The Morgan fingerprint density at radius 3 is 2.72 bits per heavy atom. The average Bonchev–Trinajstić information content (AvgIpc) is 3.19. The van der Waals surface area contributed by atoms with Crippen LogP contribution in [0.15, 0.2) is 35.1 Å². The molecule has 4 rings (SSSR count). The molecule has 1 aliphatic rings. The normalized spacial score (nSPS) is 19.3. The molecular weight excluding hydrogens is 428 g/mol. The highest BCUT2D eigenvalue weighted by Crippen LogP contribution is 2.38. The van der Waals surface area contributed by atoms with Crippen molar-refractivity contribution in [2.75, 3.05) is 20.3 Å². The van der Waals surface area contributed by atoms with Gasteiger partial charge in [0.25, 0.3) is 0 Å². The quantitative estimate of drug-likeness (QED) is 0.549. The van der Waals surface area contributed by atoms with Gasteiger partial charge in [0.15, 0.2) is 0 Å². The van der Waals surface area contributed by atoms with Gasteiger partial charge in [0.05, 0.1) is 29.0 Å². The lowest BCUT2D eigenvalue weighted by Gasteiger charge is -2.40. The maximum Gasteiger partial charge on any atom is 0.335 e. The zero-order valence-electron chi connectivity index (χ0n) is 18.5. The number of fused-ring (bicyclic) bond motifs is 1. The van der Waals surface area contributed by atoms with Gasteiger partial charge in [0.2, 0.25) is 0 Å². The van der Waals surface area contributed by atoms with Gasteiger partial charge < -0.3 is 19.6 Å². The highest BCUT2D eigenvalue weighted by molar-refractivity contribution is 7.16. The molecule has 1 aromatic heterocycles. The smallest absolute Gasteiger partial charge is 0.335 e. The van der Waals surface area contributed by atoms with E-state index in [1.807, 2.05) is 32.0 Å². The molecule has 170 valence electrons. The number of carboxylic acids is 1. The minimum absolute atomic E-state index is 0.0693. The summed E-state index contributed by atoms with van der Waals surface area (Å²) in [5.74, 6) is -0.157. The first-order valence-corrected chi connectivity index (χ1v) is 11.6. The molecule has 2 aromatic carbocycles. The second-order valence-electron chi connectivity index (χ2n) is 8.11. The van der Waals surface area contributed by atoms with Crippen LogP contribution in [0, 0.1) is 6.92 Å². The van der Waals surface area contributed by atoms with Gasteiger partial charge in [0.1, 0.15) is 5.75 Å². The number of aromatic nitrogens is 1. The number of nitrogens with zero attached hydrogens (tertiary/aromatic N) is 1. The highest BCUT2D eigenvalue weighted by Gasteiger charge is 2.31. The van der Waals surface area contributed by atoms with Crippen molar-refractivity contribution in [2.45, 2.75) is 45.4 Å². The molecule has 32 heavy (non-hydrogen) atoms. The Kier molecular flexibility index (Phi) is 6.64. The van der Waals surface area contributed by atoms with Crippen molar-refractivity contribution in [1.82, 2.24) is 9.88 Å². The molecule has 0 aliphatic carbocycles. The molecule has 7 nitrogen and oxygen atoms in total. The third-order valence-corrected chi connectivity index (χ3v) is 7.10. The number of carboxylic acid groups (broad SMARTS) is 1. The van der Waals surface area contributed by atoms with Gasteiger partial charge >= 0.3 is 10.8 Å². The van der Waals surface area contributed by atoms with E-state index in [0.717, 1.165) is 52.0 Å². The Morgan fingerprint density at radius 1 is 1.31 bits per heavy atom. The summed E-state index contributed by atoms with van der Waals surface area (Å²) in [7, 11) is 1.66. The number of hydrogen-bond acceptors (Lipinski definition) is 6. The van der Waals surface area contributed by atoms with E-state index in [4.69, 9.17) is 9.47 Å². The maximum absolute atomic E-state index is 12.1. The van der Waals surface area contributed by atoms with E-state index in [1.165, 1.54) is 11.3 Å². The van der Waals surface area contributed by atoms with Gasteiger partial charge in [-0.25, -0.2) is 4.79 Å². The van der Waals surface area contributed by atoms with E-state index in [9.17, 15) is 14.7 Å². The SMILES string of the molecule is CCO[C@H]1CCN(Cc2c(OC)cc(C)c3[nH]c(=O)sc23)[C@H](c2ccc(C(=O)O)cc2)C1. The zero-order valence-corrected chi connectivity index (χ0v) is 19.3. The number of thiazole rings is 1. The molecule has 0 amide bonds. The van der Waals surface area contributed by atoms with Crippen LogP contribution in [0.3, 0.4) is 0 Å². The number of hydrogen-bond donors (Lipinski definition) is 2. The van der Waals surface area contributed by atoms with Crippen molar-refractivity contribution >= 4 is 27.5 Å². The van der Waals surface area contributed by atoms with Crippen LogP contribution in [0.2, 0.25) is 0 Å². The number of benzene rings is 2. The second kappa shape index (κ2) is 9.44. The number of rotatable bonds is 7. The Hall–Kier alpha value is -2.68. The van der Waals surface area contributed by atoms with Crippen LogP contribution in [0.1, 0.15) is 52.9 Å². The van der Waals surface area contributed by atoms with Crippen molar-refractivity contribution in [2.24, 2.45) is 0 Å². The van der Waals surface area contributed by atoms with Crippen molar-refractivity contribution < 1.29 is 19.4 Å². The summed E-state index contributed by atoms with van der Waals surface area (Å²) in [6, 6.07) is 9.15. The Balaban J connectivity index is 1.72. The molecule has 0 saturated carbocycles. The largest absolute Gasteiger partial charge is 0.496 e. The van der Waals surface area contributed by atoms with Crippen LogP contribution >= 0.6 is 11.3 Å². The Labute approximate surface area is 190 Å². The summed E-state index contributed by atoms with van der Waals surface area (Å²) in [6.45, 7) is 6.09. The lowest BCUT2D eigenvalue weighted by molar-refractivity contribution is -0.0138. The number of aromatic carboxylic acids is 1. The van der Waals surface area contributed by atoms with E-state index < -0.39 is 5.97 Å². The number of aromatic amines is 1. The van der Waals surface area contributed by atoms with Crippen molar-refractivity contribution in [3.8, 4) is 5.75 Å². The number of methoxy groups -OCH3 is 1. The molecule has 1 saturated heterocycles. The van der Waals surface area contributed by atoms with Gasteiger partial charge in [-0.2, -0.15) is 0 Å². The van der Waals surface area contributed by atoms with E-state index in [1.54, 1.807) is 19.2 Å². The lowest BCUT2D eigenvalue weighted by atomic mass is 9.92. The van der Waals surface area contributed by atoms with E-state index in [0.29, 0.717) is 13.2 Å². The third-order valence-electron chi connectivity index (χ3n) is 6.15. The van der Waals surface area contributed by atoms with Crippen LogP contribution in [0.25, 0.3) is 10.2 Å². The average molecular weight is 457 g/mol. The molecule has 3 aromatic rings. The molecule has 1 fully saturated rings. The van der Waals surface area contributed by atoms with Crippen LogP contribution in [-0.2, 0) is 11.3 Å². The molecule has 0 unspecified atom stereocenters. The predicted molar refractivity (Wildman–Crippen MR) is 125 cm³/mol. The van der Waals surface area contributed by atoms with Gasteiger partial charge in [-0.05, 0) is 56.0 Å². The molecule has 0 bridgehead atoms. The molecule has 2 atom stereocenters. The summed E-state index contributed by atoms with van der Waals surface area (Å²) in [5.41, 5.74) is 4.18. The van der Waals surface area contributed by atoms with Crippen molar-refractivity contribution in [3.05, 3.63) is 62.3 Å². The fourth-order valence-corrected chi connectivity index (χ4v) is 5.51.